The summed E-state index contributed by atoms with van der Waals surface area (Å²) in [6.45, 7) is 4.07. The van der Waals surface area contributed by atoms with E-state index in [2.05, 4.69) is 74.6 Å². The molecule has 0 N–H and O–H groups in total. The minimum absolute atomic E-state index is 0.0412. The number of carbonyl (C=O) groups is 2. The Hall–Kier alpha value is -2.29. The normalized spacial score (nSPS) is 14.3. The Labute approximate surface area is 330 Å². The van der Waals surface area contributed by atoms with E-state index in [1.807, 2.05) is 21.1 Å². The van der Waals surface area contributed by atoms with Crippen molar-refractivity contribution in [3.05, 3.63) is 60.8 Å². The van der Waals surface area contributed by atoms with E-state index in [-0.39, 0.29) is 26.1 Å². The van der Waals surface area contributed by atoms with E-state index in [9.17, 15) is 19.0 Å². The van der Waals surface area contributed by atoms with Crippen molar-refractivity contribution >= 4 is 19.8 Å². The Balaban J connectivity index is 4.48. The highest BCUT2D eigenvalue weighted by molar-refractivity contribution is 7.45. The van der Waals surface area contributed by atoms with Gasteiger partial charge < -0.3 is 27.9 Å². The van der Waals surface area contributed by atoms with Crippen LogP contribution in [0.4, 0.5) is 0 Å². The number of rotatable bonds is 37. The highest BCUT2D eigenvalue weighted by atomic mass is 31.2. The minimum Gasteiger partial charge on any atom is -0.756 e. The molecular formula is C44H78NO8P. The fourth-order valence-corrected chi connectivity index (χ4v) is 5.90. The van der Waals surface area contributed by atoms with Crippen molar-refractivity contribution < 1.29 is 42.1 Å². The zero-order chi connectivity index (χ0) is 40.0. The molecule has 0 saturated heterocycles. The number of ether oxygens (including phenoxy) is 2. The first-order valence-corrected chi connectivity index (χ1v) is 22.5. The fourth-order valence-electron chi connectivity index (χ4n) is 5.17. The molecule has 0 aliphatic carbocycles. The third kappa shape index (κ3) is 39.4. The SMILES string of the molecule is CCC/C=C/C/C=C/C/C=C/C/C=C/CCCCCC(=O)O[C@H](COC(=O)CCCCCCC/C=C/CCCCCC)COP(=O)([O-])OCC[N+](C)(C)C. The lowest BCUT2D eigenvalue weighted by atomic mass is 10.1. The van der Waals surface area contributed by atoms with Crippen LogP contribution in [0.25, 0.3) is 0 Å². The molecule has 9 nitrogen and oxygen atoms in total. The first-order chi connectivity index (χ1) is 26.0. The van der Waals surface area contributed by atoms with Gasteiger partial charge in [-0.1, -0.05) is 126 Å². The zero-order valence-electron chi connectivity index (χ0n) is 34.9. The predicted molar refractivity (Wildman–Crippen MR) is 222 cm³/mol. The number of phosphoric acid groups is 1. The molecule has 0 saturated carbocycles. The predicted octanol–water partition coefficient (Wildman–Crippen LogP) is 11.1. The number of phosphoric ester groups is 1. The molecule has 0 aromatic rings. The Bertz CT molecular complexity index is 1110. The van der Waals surface area contributed by atoms with Gasteiger partial charge in [0.1, 0.15) is 19.8 Å². The van der Waals surface area contributed by atoms with Gasteiger partial charge in [-0.2, -0.15) is 0 Å². The van der Waals surface area contributed by atoms with Crippen LogP contribution < -0.4 is 4.89 Å². The Kier molecular flexibility index (Phi) is 34.8. The second-order valence-corrected chi connectivity index (χ2v) is 16.4. The van der Waals surface area contributed by atoms with Gasteiger partial charge in [-0.3, -0.25) is 14.2 Å². The lowest BCUT2D eigenvalue weighted by Gasteiger charge is -2.28. The lowest BCUT2D eigenvalue weighted by molar-refractivity contribution is -0.870. The van der Waals surface area contributed by atoms with Gasteiger partial charge in [0.2, 0.25) is 0 Å². The van der Waals surface area contributed by atoms with E-state index in [0.29, 0.717) is 23.9 Å². The Morgan fingerprint density at radius 3 is 1.59 bits per heavy atom. The molecule has 0 rings (SSSR count). The number of allylic oxidation sites excluding steroid dienone is 10. The van der Waals surface area contributed by atoms with E-state index in [0.717, 1.165) is 77.0 Å². The Morgan fingerprint density at radius 2 is 1.04 bits per heavy atom. The number of carbonyl (C=O) groups excluding carboxylic acids is 2. The standard InChI is InChI=1S/C44H78NO8P/c1-6-8-10-12-14-16-18-20-21-22-23-25-27-29-31-33-35-37-44(47)53-42(41-52-54(48,49)51-39-38-45(3,4)5)40-50-43(46)36-34-32-30-28-26-24-19-17-15-13-11-9-7-2/h10,12,16-19,21-22,25,27,42H,6-9,11,13-15,20,23-24,26,28-41H2,1-5H3/b12-10+,18-16+,19-17+,22-21+,27-25+/t42-/m1/s1. The number of hydrogen-bond acceptors (Lipinski definition) is 8. The third-order valence-corrected chi connectivity index (χ3v) is 9.46. The summed E-state index contributed by atoms with van der Waals surface area (Å²) in [6, 6.07) is 0. The van der Waals surface area contributed by atoms with E-state index >= 15 is 0 Å². The summed E-state index contributed by atoms with van der Waals surface area (Å²) in [4.78, 5) is 37.4. The van der Waals surface area contributed by atoms with Crippen LogP contribution >= 0.6 is 7.82 Å². The molecule has 0 fully saturated rings. The fraction of sp³-hybridized carbons (Fsp3) is 0.727. The summed E-state index contributed by atoms with van der Waals surface area (Å²) in [5.41, 5.74) is 0. The second kappa shape index (κ2) is 36.4. The highest BCUT2D eigenvalue weighted by Crippen LogP contribution is 2.38. The van der Waals surface area contributed by atoms with Crippen molar-refractivity contribution in [2.75, 3.05) is 47.5 Å². The van der Waals surface area contributed by atoms with Crippen molar-refractivity contribution in [1.82, 2.24) is 0 Å². The maximum absolute atomic E-state index is 12.6. The second-order valence-electron chi connectivity index (χ2n) is 15.0. The molecular weight excluding hydrogens is 701 g/mol. The molecule has 54 heavy (non-hydrogen) atoms. The zero-order valence-corrected chi connectivity index (χ0v) is 35.8. The number of nitrogens with zero attached hydrogens (tertiary/aromatic N) is 1. The van der Waals surface area contributed by atoms with Gasteiger partial charge in [-0.15, -0.1) is 0 Å². The third-order valence-electron chi connectivity index (χ3n) is 8.49. The van der Waals surface area contributed by atoms with E-state index in [4.69, 9.17) is 18.5 Å². The quantitative estimate of drug-likeness (QED) is 0.0201. The number of esters is 2. The van der Waals surface area contributed by atoms with Gasteiger partial charge in [0.05, 0.1) is 27.7 Å². The monoisotopic (exact) mass is 780 g/mol. The number of hydrogen-bond donors (Lipinski definition) is 0. The number of unbranched alkanes of at least 4 members (excludes halogenated alkanes) is 13. The van der Waals surface area contributed by atoms with E-state index in [1.165, 1.54) is 38.5 Å². The lowest BCUT2D eigenvalue weighted by Crippen LogP contribution is -2.37. The van der Waals surface area contributed by atoms with Crippen LogP contribution in [0.1, 0.15) is 155 Å². The van der Waals surface area contributed by atoms with E-state index in [1.54, 1.807) is 0 Å². The van der Waals surface area contributed by atoms with Crippen LogP contribution in [0.3, 0.4) is 0 Å². The molecule has 0 heterocycles. The first kappa shape index (κ1) is 51.7. The van der Waals surface area contributed by atoms with Gasteiger partial charge >= 0.3 is 11.9 Å². The molecule has 0 amide bonds. The molecule has 0 bridgehead atoms. The molecule has 0 radical (unpaired) electrons. The molecule has 0 aromatic heterocycles. The van der Waals surface area contributed by atoms with Crippen molar-refractivity contribution in [2.45, 2.75) is 161 Å². The minimum atomic E-state index is -4.63. The summed E-state index contributed by atoms with van der Waals surface area (Å²) < 4.78 is 33.8. The summed E-state index contributed by atoms with van der Waals surface area (Å²) in [6.07, 6.45) is 42.4. The smallest absolute Gasteiger partial charge is 0.306 e. The van der Waals surface area contributed by atoms with Crippen LogP contribution in [0.15, 0.2) is 60.8 Å². The van der Waals surface area contributed by atoms with Gasteiger partial charge in [0.25, 0.3) is 7.82 Å². The van der Waals surface area contributed by atoms with Crippen molar-refractivity contribution in [2.24, 2.45) is 0 Å². The number of quaternary nitrogens is 1. The first-order valence-electron chi connectivity index (χ1n) is 21.0. The van der Waals surface area contributed by atoms with Crippen LogP contribution in [0.5, 0.6) is 0 Å². The molecule has 0 aliphatic rings. The molecule has 0 spiro atoms. The molecule has 0 aromatic carbocycles. The molecule has 312 valence electrons. The number of likely N-dealkylation sites (N-methyl/N-ethyl adjacent to an activating group) is 1. The molecule has 2 atom stereocenters. The highest BCUT2D eigenvalue weighted by Gasteiger charge is 2.21. The maximum atomic E-state index is 12.6. The van der Waals surface area contributed by atoms with Gasteiger partial charge in [-0.25, -0.2) is 0 Å². The van der Waals surface area contributed by atoms with Crippen LogP contribution in [0.2, 0.25) is 0 Å². The maximum Gasteiger partial charge on any atom is 0.306 e. The molecule has 0 aliphatic heterocycles. The summed E-state index contributed by atoms with van der Waals surface area (Å²) in [7, 11) is 1.13. The summed E-state index contributed by atoms with van der Waals surface area (Å²) in [5.74, 6) is -0.887. The van der Waals surface area contributed by atoms with E-state index < -0.39 is 32.5 Å². The van der Waals surface area contributed by atoms with Crippen LogP contribution in [-0.4, -0.2) is 70.0 Å². The van der Waals surface area contributed by atoms with Gasteiger partial charge in [0.15, 0.2) is 6.10 Å². The summed E-state index contributed by atoms with van der Waals surface area (Å²) >= 11 is 0. The van der Waals surface area contributed by atoms with Gasteiger partial charge in [0, 0.05) is 12.8 Å². The largest absolute Gasteiger partial charge is 0.756 e. The average molecular weight is 780 g/mol. The van der Waals surface area contributed by atoms with Gasteiger partial charge in [-0.05, 0) is 77.0 Å². The van der Waals surface area contributed by atoms with Crippen molar-refractivity contribution in [1.29, 1.82) is 0 Å². The Morgan fingerprint density at radius 1 is 0.574 bits per heavy atom. The molecule has 1 unspecified atom stereocenters. The average Bonchev–Trinajstić information content (AvgIpc) is 3.12. The summed E-state index contributed by atoms with van der Waals surface area (Å²) in [5, 5.41) is 0. The topological polar surface area (TPSA) is 111 Å². The molecule has 10 heteroatoms. The van der Waals surface area contributed by atoms with Crippen LogP contribution in [-0.2, 0) is 32.7 Å². The van der Waals surface area contributed by atoms with Crippen LogP contribution in [0, 0.1) is 0 Å². The van der Waals surface area contributed by atoms with Crippen molar-refractivity contribution in [3.63, 3.8) is 0 Å². The van der Waals surface area contributed by atoms with Crippen molar-refractivity contribution in [3.8, 4) is 0 Å².